The standard InChI is InChI=1S/C10H13Cl2NO/c1-6(2)5-8(14)9-7(11)3-4-13-10(9)12/h3-4,6,8,14H,5H2,1-2H3. The van der Waals surface area contributed by atoms with E-state index in [1.165, 1.54) is 6.20 Å². The van der Waals surface area contributed by atoms with Crippen molar-refractivity contribution in [2.45, 2.75) is 26.4 Å². The summed E-state index contributed by atoms with van der Waals surface area (Å²) >= 11 is 11.8. The zero-order chi connectivity index (χ0) is 10.7. The van der Waals surface area contributed by atoms with E-state index in [-0.39, 0.29) is 5.15 Å². The lowest BCUT2D eigenvalue weighted by Gasteiger charge is -2.15. The van der Waals surface area contributed by atoms with Gasteiger partial charge in [-0.1, -0.05) is 37.0 Å². The smallest absolute Gasteiger partial charge is 0.136 e. The largest absolute Gasteiger partial charge is 0.388 e. The maximum absolute atomic E-state index is 9.84. The Balaban J connectivity index is 2.94. The van der Waals surface area contributed by atoms with E-state index in [2.05, 4.69) is 4.98 Å². The number of rotatable bonds is 3. The molecule has 0 spiro atoms. The van der Waals surface area contributed by atoms with Crippen molar-refractivity contribution in [1.82, 2.24) is 4.98 Å². The topological polar surface area (TPSA) is 33.1 Å². The molecule has 0 aliphatic heterocycles. The first-order valence-electron chi connectivity index (χ1n) is 4.50. The van der Waals surface area contributed by atoms with Gasteiger partial charge in [-0.3, -0.25) is 0 Å². The minimum atomic E-state index is -0.635. The molecule has 1 atom stereocenters. The predicted octanol–water partition coefficient (Wildman–Crippen LogP) is 3.47. The molecule has 1 aromatic heterocycles. The molecule has 1 N–H and O–H groups in total. The molecule has 78 valence electrons. The first-order valence-corrected chi connectivity index (χ1v) is 5.26. The van der Waals surface area contributed by atoms with Crippen LogP contribution >= 0.6 is 23.2 Å². The second-order valence-electron chi connectivity index (χ2n) is 3.64. The van der Waals surface area contributed by atoms with Crippen LogP contribution in [0.4, 0.5) is 0 Å². The second-order valence-corrected chi connectivity index (χ2v) is 4.41. The highest BCUT2D eigenvalue weighted by Crippen LogP contribution is 2.31. The summed E-state index contributed by atoms with van der Waals surface area (Å²) in [5, 5.41) is 10.6. The summed E-state index contributed by atoms with van der Waals surface area (Å²) in [6.07, 6.45) is 1.52. The van der Waals surface area contributed by atoms with Gasteiger partial charge in [0, 0.05) is 11.8 Å². The van der Waals surface area contributed by atoms with E-state index in [1.54, 1.807) is 6.07 Å². The Labute approximate surface area is 93.9 Å². The highest BCUT2D eigenvalue weighted by atomic mass is 35.5. The molecule has 14 heavy (non-hydrogen) atoms. The molecule has 1 aromatic rings. The fourth-order valence-corrected chi connectivity index (χ4v) is 1.89. The minimum absolute atomic E-state index is 0.283. The van der Waals surface area contributed by atoms with Gasteiger partial charge in [0.1, 0.15) is 5.15 Å². The van der Waals surface area contributed by atoms with E-state index >= 15 is 0 Å². The van der Waals surface area contributed by atoms with Crippen molar-refractivity contribution in [2.75, 3.05) is 0 Å². The van der Waals surface area contributed by atoms with Crippen molar-refractivity contribution in [3.8, 4) is 0 Å². The van der Waals surface area contributed by atoms with E-state index in [0.29, 0.717) is 22.9 Å². The molecule has 0 saturated heterocycles. The first kappa shape index (κ1) is 11.8. The van der Waals surface area contributed by atoms with Crippen LogP contribution in [0.25, 0.3) is 0 Å². The van der Waals surface area contributed by atoms with Crippen LogP contribution in [0.15, 0.2) is 12.3 Å². The van der Waals surface area contributed by atoms with Gasteiger partial charge in [-0.2, -0.15) is 0 Å². The van der Waals surface area contributed by atoms with Gasteiger partial charge in [-0.25, -0.2) is 4.98 Å². The Morgan fingerprint density at radius 1 is 1.43 bits per heavy atom. The van der Waals surface area contributed by atoms with Gasteiger partial charge in [0.15, 0.2) is 0 Å². The van der Waals surface area contributed by atoms with Crippen LogP contribution in [0.1, 0.15) is 31.9 Å². The summed E-state index contributed by atoms with van der Waals surface area (Å²) in [6, 6.07) is 1.63. The third-order valence-electron chi connectivity index (χ3n) is 1.92. The first-order chi connectivity index (χ1) is 6.52. The molecule has 0 aliphatic rings. The van der Waals surface area contributed by atoms with Crippen LogP contribution in [0.3, 0.4) is 0 Å². The zero-order valence-electron chi connectivity index (χ0n) is 8.17. The number of hydrogen-bond acceptors (Lipinski definition) is 2. The van der Waals surface area contributed by atoms with Crippen molar-refractivity contribution in [2.24, 2.45) is 5.92 Å². The van der Waals surface area contributed by atoms with Crippen molar-refractivity contribution in [3.63, 3.8) is 0 Å². The average molecular weight is 234 g/mol. The number of hydrogen-bond donors (Lipinski definition) is 1. The van der Waals surface area contributed by atoms with E-state index in [0.717, 1.165) is 0 Å². The highest BCUT2D eigenvalue weighted by molar-refractivity contribution is 6.35. The Morgan fingerprint density at radius 2 is 2.07 bits per heavy atom. The number of aromatic nitrogens is 1. The monoisotopic (exact) mass is 233 g/mol. The van der Waals surface area contributed by atoms with Crippen molar-refractivity contribution < 1.29 is 5.11 Å². The van der Waals surface area contributed by atoms with E-state index < -0.39 is 6.10 Å². The van der Waals surface area contributed by atoms with Crippen LogP contribution in [0.2, 0.25) is 10.2 Å². The molecular weight excluding hydrogens is 221 g/mol. The molecule has 0 aromatic carbocycles. The molecule has 1 rings (SSSR count). The quantitative estimate of drug-likeness (QED) is 0.812. The molecule has 0 amide bonds. The summed E-state index contributed by atoms with van der Waals surface area (Å²) in [5.74, 6) is 0.386. The van der Waals surface area contributed by atoms with E-state index in [1.807, 2.05) is 13.8 Å². The lowest BCUT2D eigenvalue weighted by molar-refractivity contribution is 0.151. The number of aliphatic hydroxyl groups is 1. The normalized spacial score (nSPS) is 13.3. The van der Waals surface area contributed by atoms with Crippen LogP contribution in [0, 0.1) is 5.92 Å². The van der Waals surface area contributed by atoms with Crippen molar-refractivity contribution in [1.29, 1.82) is 0 Å². The van der Waals surface area contributed by atoms with Gasteiger partial charge in [0.25, 0.3) is 0 Å². The van der Waals surface area contributed by atoms with Crippen LogP contribution < -0.4 is 0 Å². The molecule has 2 nitrogen and oxygen atoms in total. The molecule has 0 aliphatic carbocycles. The van der Waals surface area contributed by atoms with E-state index in [9.17, 15) is 5.11 Å². The van der Waals surface area contributed by atoms with Gasteiger partial charge < -0.3 is 5.11 Å². The highest BCUT2D eigenvalue weighted by Gasteiger charge is 2.17. The van der Waals surface area contributed by atoms with Crippen LogP contribution in [-0.4, -0.2) is 10.1 Å². The molecule has 0 fully saturated rings. The number of aliphatic hydroxyl groups excluding tert-OH is 1. The molecular formula is C10H13Cl2NO. The molecule has 1 heterocycles. The maximum atomic E-state index is 9.84. The molecule has 0 radical (unpaired) electrons. The van der Waals surface area contributed by atoms with Crippen molar-refractivity contribution in [3.05, 3.63) is 28.0 Å². The van der Waals surface area contributed by atoms with E-state index in [4.69, 9.17) is 23.2 Å². The Morgan fingerprint density at radius 3 is 2.57 bits per heavy atom. The Bertz CT molecular complexity index is 295. The molecule has 0 bridgehead atoms. The fraction of sp³-hybridized carbons (Fsp3) is 0.500. The zero-order valence-corrected chi connectivity index (χ0v) is 9.68. The van der Waals surface area contributed by atoms with Crippen LogP contribution in [-0.2, 0) is 0 Å². The maximum Gasteiger partial charge on any atom is 0.136 e. The Hall–Kier alpha value is -0.310. The summed E-state index contributed by atoms with van der Waals surface area (Å²) in [5.41, 5.74) is 0.532. The molecule has 0 saturated carbocycles. The fourth-order valence-electron chi connectivity index (χ4n) is 1.29. The van der Waals surface area contributed by atoms with Gasteiger partial charge in [-0.05, 0) is 18.4 Å². The lowest BCUT2D eigenvalue weighted by Crippen LogP contribution is -2.04. The third-order valence-corrected chi connectivity index (χ3v) is 2.55. The number of pyridine rings is 1. The summed E-state index contributed by atoms with van der Waals surface area (Å²) < 4.78 is 0. The molecule has 4 heteroatoms. The minimum Gasteiger partial charge on any atom is -0.388 e. The molecule has 1 unspecified atom stereocenters. The SMILES string of the molecule is CC(C)CC(O)c1c(Cl)ccnc1Cl. The average Bonchev–Trinajstić information content (AvgIpc) is 2.01. The van der Waals surface area contributed by atoms with Gasteiger partial charge in [0.05, 0.1) is 11.1 Å². The lowest BCUT2D eigenvalue weighted by atomic mass is 10.0. The van der Waals surface area contributed by atoms with Gasteiger partial charge in [0.2, 0.25) is 0 Å². The summed E-state index contributed by atoms with van der Waals surface area (Å²) in [7, 11) is 0. The summed E-state index contributed by atoms with van der Waals surface area (Å²) in [4.78, 5) is 3.89. The van der Waals surface area contributed by atoms with Gasteiger partial charge in [-0.15, -0.1) is 0 Å². The van der Waals surface area contributed by atoms with Crippen molar-refractivity contribution >= 4 is 23.2 Å². The predicted molar refractivity (Wildman–Crippen MR) is 58.7 cm³/mol. The number of halogens is 2. The third kappa shape index (κ3) is 2.84. The summed E-state index contributed by atoms with van der Waals surface area (Å²) in [6.45, 7) is 4.06. The Kier molecular flexibility index (Phi) is 4.17. The number of nitrogens with zero attached hydrogens (tertiary/aromatic N) is 1. The van der Waals surface area contributed by atoms with Gasteiger partial charge >= 0.3 is 0 Å². The van der Waals surface area contributed by atoms with Crippen LogP contribution in [0.5, 0.6) is 0 Å². The second kappa shape index (κ2) is 4.96.